The summed E-state index contributed by atoms with van der Waals surface area (Å²) in [6.45, 7) is 4.48. The fourth-order valence-corrected chi connectivity index (χ4v) is 2.85. The maximum absolute atomic E-state index is 12.0. The summed E-state index contributed by atoms with van der Waals surface area (Å²) >= 11 is 6.43. The number of hydrogen-bond acceptors (Lipinski definition) is 3. The highest BCUT2D eigenvalue weighted by Crippen LogP contribution is 2.35. The smallest absolute Gasteiger partial charge is 0.407 e. The van der Waals surface area contributed by atoms with Crippen LogP contribution in [0.25, 0.3) is 0 Å². The molecule has 0 aliphatic heterocycles. The molecule has 0 heterocycles. The molecule has 0 saturated carbocycles. The zero-order valence-corrected chi connectivity index (χ0v) is 15.6. The standard InChI is InChI=1S/C19H23ClN4O2/c1-19(2,14-9-6-10-15(16(14)20)24-17(21)22)12-23-18(25)26-11-13-7-4-3-5-8-13/h3-10H,11-12H2,1-2H3,(H,23,25)(H4,21,22,24). The number of ether oxygens (including phenoxy) is 1. The van der Waals surface area contributed by atoms with Gasteiger partial charge in [-0.1, -0.05) is 67.9 Å². The number of nitrogens with one attached hydrogen (secondary N) is 1. The summed E-state index contributed by atoms with van der Waals surface area (Å²) in [4.78, 5) is 16.0. The van der Waals surface area contributed by atoms with Crippen molar-refractivity contribution in [2.45, 2.75) is 25.9 Å². The van der Waals surface area contributed by atoms with Crippen LogP contribution in [-0.2, 0) is 16.8 Å². The first kappa shape index (κ1) is 19.6. The Labute approximate surface area is 158 Å². The van der Waals surface area contributed by atoms with Crippen LogP contribution in [0.15, 0.2) is 53.5 Å². The van der Waals surface area contributed by atoms with Crippen LogP contribution in [-0.4, -0.2) is 18.6 Å². The fourth-order valence-electron chi connectivity index (χ4n) is 2.43. The molecule has 0 saturated heterocycles. The van der Waals surface area contributed by atoms with E-state index in [0.29, 0.717) is 17.3 Å². The molecule has 5 N–H and O–H groups in total. The Morgan fingerprint density at radius 1 is 1.15 bits per heavy atom. The highest BCUT2D eigenvalue weighted by Gasteiger charge is 2.25. The molecule has 2 aromatic carbocycles. The van der Waals surface area contributed by atoms with Crippen molar-refractivity contribution in [2.75, 3.05) is 6.54 Å². The zero-order valence-electron chi connectivity index (χ0n) is 14.8. The van der Waals surface area contributed by atoms with Crippen molar-refractivity contribution in [3.63, 3.8) is 0 Å². The van der Waals surface area contributed by atoms with Gasteiger partial charge in [0.05, 0.1) is 10.7 Å². The largest absolute Gasteiger partial charge is 0.445 e. The molecule has 26 heavy (non-hydrogen) atoms. The van der Waals surface area contributed by atoms with E-state index >= 15 is 0 Å². The molecule has 2 aromatic rings. The number of nitrogens with two attached hydrogens (primary N) is 2. The van der Waals surface area contributed by atoms with E-state index in [-0.39, 0.29) is 12.6 Å². The zero-order chi connectivity index (χ0) is 19.2. The summed E-state index contributed by atoms with van der Waals surface area (Å²) in [5, 5.41) is 3.22. The van der Waals surface area contributed by atoms with E-state index in [1.54, 1.807) is 6.07 Å². The number of alkyl carbamates (subject to hydrolysis) is 1. The van der Waals surface area contributed by atoms with E-state index in [9.17, 15) is 4.79 Å². The lowest BCUT2D eigenvalue weighted by atomic mass is 9.84. The molecule has 0 spiro atoms. The SMILES string of the molecule is CC(C)(CNC(=O)OCc1ccccc1)c1cccc(N=C(N)N)c1Cl. The lowest BCUT2D eigenvalue weighted by Gasteiger charge is -2.27. The van der Waals surface area contributed by atoms with E-state index in [1.165, 1.54) is 0 Å². The number of hydrogen-bond donors (Lipinski definition) is 3. The van der Waals surface area contributed by atoms with Gasteiger partial charge in [0, 0.05) is 12.0 Å². The highest BCUT2D eigenvalue weighted by molar-refractivity contribution is 6.34. The normalized spacial score (nSPS) is 10.9. The summed E-state index contributed by atoms with van der Waals surface area (Å²) in [6.07, 6.45) is -0.488. The van der Waals surface area contributed by atoms with Crippen LogP contribution < -0.4 is 16.8 Å². The van der Waals surface area contributed by atoms with Crippen LogP contribution in [0, 0.1) is 0 Å². The van der Waals surface area contributed by atoms with Crippen molar-refractivity contribution < 1.29 is 9.53 Å². The first-order valence-electron chi connectivity index (χ1n) is 8.13. The van der Waals surface area contributed by atoms with Gasteiger partial charge in [-0.15, -0.1) is 0 Å². The summed E-state index contributed by atoms with van der Waals surface area (Å²) in [5.74, 6) is -0.0653. The maximum atomic E-state index is 12.0. The van der Waals surface area contributed by atoms with Gasteiger partial charge in [0.15, 0.2) is 5.96 Å². The van der Waals surface area contributed by atoms with Crippen molar-refractivity contribution >= 4 is 29.3 Å². The first-order valence-corrected chi connectivity index (χ1v) is 8.50. The van der Waals surface area contributed by atoms with Crippen LogP contribution >= 0.6 is 11.6 Å². The summed E-state index contributed by atoms with van der Waals surface area (Å²) in [7, 11) is 0. The van der Waals surface area contributed by atoms with Gasteiger partial charge in [0.2, 0.25) is 0 Å². The second kappa shape index (κ2) is 8.58. The topological polar surface area (TPSA) is 103 Å². The molecular formula is C19H23ClN4O2. The van der Waals surface area contributed by atoms with Gasteiger partial charge in [-0.3, -0.25) is 0 Å². The molecule has 0 atom stereocenters. The van der Waals surface area contributed by atoms with Crippen molar-refractivity contribution in [3.8, 4) is 0 Å². The van der Waals surface area contributed by atoms with Gasteiger partial charge in [-0.25, -0.2) is 9.79 Å². The molecule has 0 aliphatic carbocycles. The molecular weight excluding hydrogens is 352 g/mol. The van der Waals surface area contributed by atoms with E-state index in [0.717, 1.165) is 11.1 Å². The molecule has 0 fully saturated rings. The van der Waals surface area contributed by atoms with Crippen LogP contribution in [0.5, 0.6) is 0 Å². The lowest BCUT2D eigenvalue weighted by molar-refractivity contribution is 0.137. The number of amides is 1. The Kier molecular flexibility index (Phi) is 6.46. The number of guanidine groups is 1. The molecule has 1 amide bonds. The van der Waals surface area contributed by atoms with Crippen molar-refractivity contribution in [1.82, 2.24) is 5.32 Å². The summed E-state index contributed by atoms with van der Waals surface area (Å²) < 4.78 is 5.23. The van der Waals surface area contributed by atoms with Gasteiger partial charge in [0.25, 0.3) is 0 Å². The number of halogens is 1. The van der Waals surface area contributed by atoms with Gasteiger partial charge in [0.1, 0.15) is 6.61 Å². The third kappa shape index (κ3) is 5.39. The Morgan fingerprint density at radius 3 is 2.50 bits per heavy atom. The Hall–Kier alpha value is -2.73. The van der Waals surface area contributed by atoms with Crippen LogP contribution in [0.1, 0.15) is 25.0 Å². The minimum absolute atomic E-state index is 0.0653. The second-order valence-electron chi connectivity index (χ2n) is 6.47. The van der Waals surface area contributed by atoms with Gasteiger partial charge in [-0.05, 0) is 17.2 Å². The van der Waals surface area contributed by atoms with Gasteiger partial charge in [-0.2, -0.15) is 0 Å². The number of benzene rings is 2. The number of carbonyl (C=O) groups excluding carboxylic acids is 1. The molecule has 6 nitrogen and oxygen atoms in total. The lowest BCUT2D eigenvalue weighted by Crippen LogP contribution is -2.37. The predicted octanol–water partition coefficient (Wildman–Crippen LogP) is 3.45. The van der Waals surface area contributed by atoms with Crippen molar-refractivity contribution in [1.29, 1.82) is 0 Å². The van der Waals surface area contributed by atoms with E-state index in [1.807, 2.05) is 56.3 Å². The van der Waals surface area contributed by atoms with Crippen LogP contribution in [0.2, 0.25) is 5.02 Å². The van der Waals surface area contributed by atoms with Gasteiger partial charge < -0.3 is 21.5 Å². The van der Waals surface area contributed by atoms with E-state index < -0.39 is 11.5 Å². The minimum Gasteiger partial charge on any atom is -0.445 e. The average Bonchev–Trinajstić information content (AvgIpc) is 2.60. The number of rotatable bonds is 6. The minimum atomic E-state index is -0.488. The molecule has 2 rings (SSSR count). The molecule has 0 aromatic heterocycles. The number of aliphatic imine (C=N–C) groups is 1. The first-order chi connectivity index (χ1) is 12.3. The molecule has 138 valence electrons. The van der Waals surface area contributed by atoms with Crippen molar-refractivity contribution in [2.24, 2.45) is 16.5 Å². The Morgan fingerprint density at radius 2 is 1.85 bits per heavy atom. The summed E-state index contributed by atoms with van der Waals surface area (Å²) in [6, 6.07) is 14.9. The Balaban J connectivity index is 2.00. The predicted molar refractivity (Wildman–Crippen MR) is 105 cm³/mol. The van der Waals surface area contributed by atoms with Gasteiger partial charge >= 0.3 is 6.09 Å². The quantitative estimate of drug-likeness (QED) is 0.532. The van der Waals surface area contributed by atoms with Crippen molar-refractivity contribution in [3.05, 3.63) is 64.7 Å². The average molecular weight is 375 g/mol. The number of carbonyl (C=O) groups is 1. The molecule has 7 heteroatoms. The van der Waals surface area contributed by atoms with Crippen LogP contribution in [0.3, 0.4) is 0 Å². The molecule has 0 bridgehead atoms. The number of nitrogens with zero attached hydrogens (tertiary/aromatic N) is 1. The summed E-state index contributed by atoms with van der Waals surface area (Å²) in [5.41, 5.74) is 12.6. The molecule has 0 unspecified atom stereocenters. The third-order valence-corrected chi connectivity index (χ3v) is 4.24. The highest BCUT2D eigenvalue weighted by atomic mass is 35.5. The van der Waals surface area contributed by atoms with E-state index in [4.69, 9.17) is 27.8 Å². The fraction of sp³-hybridized carbons (Fsp3) is 0.263. The Bertz CT molecular complexity index is 787. The van der Waals surface area contributed by atoms with Crippen LogP contribution in [0.4, 0.5) is 10.5 Å². The third-order valence-electron chi connectivity index (χ3n) is 3.84. The second-order valence-corrected chi connectivity index (χ2v) is 6.85. The molecule has 0 aliphatic rings. The molecule has 0 radical (unpaired) electrons. The maximum Gasteiger partial charge on any atom is 0.407 e. The van der Waals surface area contributed by atoms with E-state index in [2.05, 4.69) is 10.3 Å². The monoisotopic (exact) mass is 374 g/mol.